The number of hydrogen-bond donors (Lipinski definition) is 2. The van der Waals surface area contributed by atoms with Crippen molar-refractivity contribution < 1.29 is 24.2 Å². The molecule has 1 aromatic rings. The minimum atomic E-state index is -0.862. The second-order valence-corrected chi connectivity index (χ2v) is 6.28. The Morgan fingerprint density at radius 3 is 2.43 bits per heavy atom. The van der Waals surface area contributed by atoms with Crippen LogP contribution in [0.1, 0.15) is 19.3 Å². The van der Waals surface area contributed by atoms with Crippen molar-refractivity contribution in [2.75, 3.05) is 19.5 Å². The molecule has 4 atom stereocenters. The van der Waals surface area contributed by atoms with Crippen LogP contribution < -0.4 is 14.8 Å². The molecule has 0 heterocycles. The number of hydrogen-bond acceptors (Lipinski definition) is 4. The van der Waals surface area contributed by atoms with Crippen molar-refractivity contribution in [2.45, 2.75) is 19.3 Å². The first kappa shape index (κ1) is 15.6. The number of rotatable bonds is 5. The minimum absolute atomic E-state index is 0.131. The van der Waals surface area contributed by atoms with E-state index in [9.17, 15) is 14.7 Å². The van der Waals surface area contributed by atoms with Crippen molar-refractivity contribution in [3.05, 3.63) is 18.2 Å². The van der Waals surface area contributed by atoms with Gasteiger partial charge in [-0.2, -0.15) is 0 Å². The Morgan fingerprint density at radius 2 is 1.83 bits per heavy atom. The van der Waals surface area contributed by atoms with Gasteiger partial charge in [-0.05, 0) is 43.2 Å². The van der Waals surface area contributed by atoms with Crippen molar-refractivity contribution in [1.82, 2.24) is 0 Å². The number of carboxylic acids is 1. The van der Waals surface area contributed by atoms with Gasteiger partial charge in [-0.1, -0.05) is 0 Å². The molecule has 2 fully saturated rings. The molecule has 2 N–H and O–H groups in total. The molecule has 23 heavy (non-hydrogen) atoms. The van der Waals surface area contributed by atoms with Gasteiger partial charge in [0, 0.05) is 6.07 Å². The predicted octanol–water partition coefficient (Wildman–Crippen LogP) is 2.39. The second-order valence-electron chi connectivity index (χ2n) is 6.28. The highest BCUT2D eigenvalue weighted by molar-refractivity contribution is 5.97. The van der Waals surface area contributed by atoms with E-state index in [1.54, 1.807) is 25.3 Å². The molecule has 2 aliphatic carbocycles. The summed E-state index contributed by atoms with van der Waals surface area (Å²) >= 11 is 0. The number of benzene rings is 1. The smallest absolute Gasteiger partial charge is 0.307 e. The van der Waals surface area contributed by atoms with Crippen LogP contribution in [-0.4, -0.2) is 31.2 Å². The van der Waals surface area contributed by atoms with Crippen LogP contribution in [0.4, 0.5) is 5.69 Å². The maximum absolute atomic E-state index is 12.7. The number of amides is 1. The van der Waals surface area contributed by atoms with Crippen LogP contribution in [0.25, 0.3) is 0 Å². The highest BCUT2D eigenvalue weighted by Crippen LogP contribution is 2.52. The van der Waals surface area contributed by atoms with E-state index in [0.29, 0.717) is 17.2 Å². The average molecular weight is 319 g/mol. The molecule has 1 amide bonds. The number of methoxy groups -OCH3 is 2. The summed E-state index contributed by atoms with van der Waals surface area (Å²) in [6, 6.07) is 5.12. The molecule has 0 radical (unpaired) electrons. The monoisotopic (exact) mass is 319 g/mol. The van der Waals surface area contributed by atoms with E-state index >= 15 is 0 Å². The van der Waals surface area contributed by atoms with Crippen molar-refractivity contribution in [1.29, 1.82) is 0 Å². The van der Waals surface area contributed by atoms with Crippen LogP contribution in [0.15, 0.2) is 18.2 Å². The number of nitrogens with one attached hydrogen (secondary N) is 1. The molecule has 1 aromatic carbocycles. The molecule has 0 spiro atoms. The maximum atomic E-state index is 12.7. The van der Waals surface area contributed by atoms with Gasteiger partial charge in [0.05, 0.1) is 31.7 Å². The van der Waals surface area contributed by atoms with Crippen LogP contribution in [0, 0.1) is 23.7 Å². The second kappa shape index (κ2) is 6.10. The largest absolute Gasteiger partial charge is 0.497 e. The number of fused-ring (bicyclic) bond motifs is 2. The Kier molecular flexibility index (Phi) is 4.15. The van der Waals surface area contributed by atoms with Crippen LogP contribution in [-0.2, 0) is 9.59 Å². The van der Waals surface area contributed by atoms with Crippen molar-refractivity contribution in [2.24, 2.45) is 23.7 Å². The summed E-state index contributed by atoms with van der Waals surface area (Å²) < 4.78 is 10.4. The van der Waals surface area contributed by atoms with Gasteiger partial charge in [-0.15, -0.1) is 0 Å². The van der Waals surface area contributed by atoms with E-state index in [-0.39, 0.29) is 17.7 Å². The van der Waals surface area contributed by atoms with E-state index in [1.165, 1.54) is 7.11 Å². The third-order valence-electron chi connectivity index (χ3n) is 5.17. The average Bonchev–Trinajstić information content (AvgIpc) is 3.16. The molecule has 2 aliphatic rings. The zero-order valence-electron chi connectivity index (χ0n) is 13.2. The molecule has 4 unspecified atom stereocenters. The first-order valence-electron chi connectivity index (χ1n) is 7.80. The standard InChI is InChI=1S/C17H21NO5/c1-22-11-5-6-12(13(8-11)23-2)18-16(19)14-9-3-4-10(7-9)15(14)17(20)21/h5-6,8-10,14-15H,3-4,7H2,1-2H3,(H,18,19)(H,20,21). The number of anilines is 1. The summed E-state index contributed by atoms with van der Waals surface area (Å²) in [6.45, 7) is 0. The topological polar surface area (TPSA) is 84.9 Å². The lowest BCUT2D eigenvalue weighted by Gasteiger charge is -2.27. The molecule has 6 nitrogen and oxygen atoms in total. The third kappa shape index (κ3) is 2.73. The van der Waals surface area contributed by atoms with Crippen LogP contribution in [0.3, 0.4) is 0 Å². The fraction of sp³-hybridized carbons (Fsp3) is 0.529. The van der Waals surface area contributed by atoms with E-state index < -0.39 is 17.8 Å². The van der Waals surface area contributed by atoms with Gasteiger partial charge in [-0.3, -0.25) is 9.59 Å². The maximum Gasteiger partial charge on any atom is 0.307 e. The summed E-state index contributed by atoms with van der Waals surface area (Å²) in [4.78, 5) is 24.2. The molecule has 2 saturated carbocycles. The van der Waals surface area contributed by atoms with Gasteiger partial charge in [0.1, 0.15) is 11.5 Å². The van der Waals surface area contributed by atoms with E-state index in [1.807, 2.05) is 0 Å². The van der Waals surface area contributed by atoms with Crippen LogP contribution in [0.2, 0.25) is 0 Å². The van der Waals surface area contributed by atoms with Crippen LogP contribution >= 0.6 is 0 Å². The zero-order chi connectivity index (χ0) is 16.6. The molecule has 2 bridgehead atoms. The molecule has 0 aliphatic heterocycles. The van der Waals surface area contributed by atoms with Crippen molar-refractivity contribution in [3.8, 4) is 11.5 Å². The van der Waals surface area contributed by atoms with E-state index in [2.05, 4.69) is 5.32 Å². The molecule has 0 saturated heterocycles. The Morgan fingerprint density at radius 1 is 1.13 bits per heavy atom. The lowest BCUT2D eigenvalue weighted by Crippen LogP contribution is -2.37. The molecule has 124 valence electrons. The highest BCUT2D eigenvalue weighted by Gasteiger charge is 2.54. The predicted molar refractivity (Wildman–Crippen MR) is 83.6 cm³/mol. The summed E-state index contributed by atoms with van der Waals surface area (Å²) in [5.74, 6) is -0.699. The van der Waals surface area contributed by atoms with Gasteiger partial charge < -0.3 is 19.9 Å². The Balaban J connectivity index is 1.80. The lowest BCUT2D eigenvalue weighted by molar-refractivity contribution is -0.148. The van der Waals surface area contributed by atoms with Gasteiger partial charge in [0.15, 0.2) is 0 Å². The number of carbonyl (C=O) groups is 2. The number of ether oxygens (including phenoxy) is 2. The number of aliphatic carboxylic acids is 1. The minimum Gasteiger partial charge on any atom is -0.497 e. The van der Waals surface area contributed by atoms with E-state index in [4.69, 9.17) is 9.47 Å². The van der Waals surface area contributed by atoms with Crippen molar-refractivity contribution >= 4 is 17.6 Å². The lowest BCUT2D eigenvalue weighted by atomic mass is 9.78. The normalized spacial score (nSPS) is 28.4. The van der Waals surface area contributed by atoms with Crippen molar-refractivity contribution in [3.63, 3.8) is 0 Å². The summed E-state index contributed by atoms with van der Waals surface area (Å²) in [5.41, 5.74) is 0.533. The Bertz CT molecular complexity index is 629. The summed E-state index contributed by atoms with van der Waals surface area (Å²) in [6.07, 6.45) is 2.69. The summed E-state index contributed by atoms with van der Waals surface area (Å²) in [5, 5.41) is 12.3. The van der Waals surface area contributed by atoms with Gasteiger partial charge in [0.2, 0.25) is 5.91 Å². The Hall–Kier alpha value is -2.24. The molecule has 0 aromatic heterocycles. The van der Waals surface area contributed by atoms with Gasteiger partial charge in [0.25, 0.3) is 0 Å². The Labute approximate surface area is 134 Å². The molecule has 3 rings (SSSR count). The fourth-order valence-corrected chi connectivity index (χ4v) is 4.14. The number of carboxylic acid groups (broad SMARTS) is 1. The molecular weight excluding hydrogens is 298 g/mol. The van der Waals surface area contributed by atoms with Gasteiger partial charge in [-0.25, -0.2) is 0 Å². The molecule has 6 heteroatoms. The van der Waals surface area contributed by atoms with E-state index in [0.717, 1.165) is 19.3 Å². The third-order valence-corrected chi connectivity index (χ3v) is 5.17. The first-order valence-corrected chi connectivity index (χ1v) is 7.80. The first-order chi connectivity index (χ1) is 11.0. The van der Waals surface area contributed by atoms with Gasteiger partial charge >= 0.3 is 5.97 Å². The fourth-order valence-electron chi connectivity index (χ4n) is 4.14. The SMILES string of the molecule is COc1ccc(NC(=O)C2C3CCC(C3)C2C(=O)O)c(OC)c1. The number of carbonyl (C=O) groups excluding carboxylic acids is 1. The van der Waals surface area contributed by atoms with Crippen LogP contribution in [0.5, 0.6) is 11.5 Å². The molecular formula is C17H21NO5. The highest BCUT2D eigenvalue weighted by atomic mass is 16.5. The zero-order valence-corrected chi connectivity index (χ0v) is 13.2. The quantitative estimate of drug-likeness (QED) is 0.870. The summed E-state index contributed by atoms with van der Waals surface area (Å²) in [7, 11) is 3.07.